The zero-order valence-electron chi connectivity index (χ0n) is 8.93. The average Bonchev–Trinajstić information content (AvgIpc) is 2.12. The summed E-state index contributed by atoms with van der Waals surface area (Å²) in [6.45, 7) is 7.49. The minimum absolute atomic E-state index is 0.0894. The largest absolute Gasteiger partial charge is 0.466 e. The lowest BCUT2D eigenvalue weighted by atomic mass is 10.2. The van der Waals surface area contributed by atoms with Crippen molar-refractivity contribution in [1.82, 2.24) is 5.32 Å². The predicted octanol–water partition coefficient (Wildman–Crippen LogP) is 1.72. The molecule has 0 saturated carbocycles. The summed E-state index contributed by atoms with van der Waals surface area (Å²) in [5.74, 6) is -0.0894. The molecule has 1 unspecified atom stereocenters. The topological polar surface area (TPSA) is 38.3 Å². The molecule has 0 aliphatic rings. The van der Waals surface area contributed by atoms with Crippen molar-refractivity contribution < 1.29 is 9.53 Å². The van der Waals surface area contributed by atoms with Crippen molar-refractivity contribution in [2.45, 2.75) is 46.1 Å². The summed E-state index contributed by atoms with van der Waals surface area (Å²) in [6.07, 6.45) is 2.51. The van der Waals surface area contributed by atoms with E-state index in [1.807, 2.05) is 6.92 Å². The van der Waals surface area contributed by atoms with E-state index in [0.717, 1.165) is 19.4 Å². The Bertz CT molecular complexity index is 137. The Morgan fingerprint density at radius 1 is 1.46 bits per heavy atom. The van der Waals surface area contributed by atoms with Crippen LogP contribution in [0, 0.1) is 0 Å². The molecule has 0 saturated heterocycles. The van der Waals surface area contributed by atoms with Crippen LogP contribution in [0.3, 0.4) is 0 Å². The van der Waals surface area contributed by atoms with Gasteiger partial charge in [-0.2, -0.15) is 0 Å². The van der Waals surface area contributed by atoms with Crippen molar-refractivity contribution in [2.24, 2.45) is 0 Å². The summed E-state index contributed by atoms with van der Waals surface area (Å²) < 4.78 is 4.81. The summed E-state index contributed by atoms with van der Waals surface area (Å²) in [5, 5.41) is 3.32. The number of ether oxygens (including phenoxy) is 1. The number of rotatable bonds is 7. The molecule has 13 heavy (non-hydrogen) atoms. The molecule has 0 fully saturated rings. The fraction of sp³-hybridized carbons (Fsp3) is 0.900. The molecule has 0 rings (SSSR count). The van der Waals surface area contributed by atoms with Gasteiger partial charge >= 0.3 is 5.97 Å². The number of carbonyl (C=O) groups excluding carboxylic acids is 1. The monoisotopic (exact) mass is 187 g/mol. The minimum Gasteiger partial charge on any atom is -0.466 e. The number of hydrogen-bond acceptors (Lipinski definition) is 3. The number of nitrogens with one attached hydrogen (secondary N) is 1. The van der Waals surface area contributed by atoms with E-state index >= 15 is 0 Å². The van der Waals surface area contributed by atoms with Gasteiger partial charge in [0.1, 0.15) is 0 Å². The second-order valence-corrected chi connectivity index (χ2v) is 3.17. The molecule has 0 aliphatic heterocycles. The van der Waals surface area contributed by atoms with Crippen molar-refractivity contribution in [2.75, 3.05) is 13.2 Å². The zero-order valence-corrected chi connectivity index (χ0v) is 8.93. The SMILES string of the molecule is CCOC(=O)CCCNC(C)CC. The Labute approximate surface area is 80.8 Å². The highest BCUT2D eigenvalue weighted by molar-refractivity contribution is 5.69. The third kappa shape index (κ3) is 7.78. The number of esters is 1. The van der Waals surface area contributed by atoms with Gasteiger partial charge in [0, 0.05) is 12.5 Å². The lowest BCUT2D eigenvalue weighted by Gasteiger charge is -2.10. The summed E-state index contributed by atoms with van der Waals surface area (Å²) >= 11 is 0. The van der Waals surface area contributed by atoms with Gasteiger partial charge in [0.15, 0.2) is 0 Å². The molecule has 0 spiro atoms. The van der Waals surface area contributed by atoms with Gasteiger partial charge in [0.25, 0.3) is 0 Å². The van der Waals surface area contributed by atoms with Crippen LogP contribution in [0.5, 0.6) is 0 Å². The lowest BCUT2D eigenvalue weighted by Crippen LogP contribution is -2.26. The maximum absolute atomic E-state index is 10.9. The zero-order chi connectivity index (χ0) is 10.1. The molecule has 0 aromatic heterocycles. The van der Waals surface area contributed by atoms with Crippen LogP contribution in [-0.2, 0) is 9.53 Å². The molecule has 1 N–H and O–H groups in total. The van der Waals surface area contributed by atoms with Gasteiger partial charge in [-0.1, -0.05) is 6.92 Å². The molecule has 0 aromatic rings. The molecular weight excluding hydrogens is 166 g/mol. The Morgan fingerprint density at radius 3 is 2.69 bits per heavy atom. The normalized spacial score (nSPS) is 12.5. The first-order valence-electron chi connectivity index (χ1n) is 5.09. The highest BCUT2D eigenvalue weighted by atomic mass is 16.5. The van der Waals surface area contributed by atoms with Gasteiger partial charge in [0.05, 0.1) is 6.61 Å². The Hall–Kier alpha value is -0.570. The second-order valence-electron chi connectivity index (χ2n) is 3.17. The first-order chi connectivity index (χ1) is 6.20. The first-order valence-corrected chi connectivity index (χ1v) is 5.09. The van der Waals surface area contributed by atoms with Crippen molar-refractivity contribution in [3.8, 4) is 0 Å². The Kier molecular flexibility index (Phi) is 7.69. The Morgan fingerprint density at radius 2 is 2.15 bits per heavy atom. The molecule has 0 amide bonds. The number of carbonyl (C=O) groups is 1. The predicted molar refractivity (Wildman–Crippen MR) is 53.6 cm³/mol. The van der Waals surface area contributed by atoms with Gasteiger partial charge in [0.2, 0.25) is 0 Å². The van der Waals surface area contributed by atoms with E-state index < -0.39 is 0 Å². The van der Waals surface area contributed by atoms with Crippen LogP contribution in [0.4, 0.5) is 0 Å². The maximum atomic E-state index is 10.9. The fourth-order valence-corrected chi connectivity index (χ4v) is 0.959. The van der Waals surface area contributed by atoms with E-state index in [1.165, 1.54) is 0 Å². The third-order valence-electron chi connectivity index (χ3n) is 1.97. The average molecular weight is 187 g/mol. The van der Waals surface area contributed by atoms with E-state index in [-0.39, 0.29) is 5.97 Å². The van der Waals surface area contributed by atoms with E-state index in [0.29, 0.717) is 19.1 Å². The van der Waals surface area contributed by atoms with E-state index in [4.69, 9.17) is 4.74 Å². The first kappa shape index (κ1) is 12.4. The van der Waals surface area contributed by atoms with Gasteiger partial charge in [-0.3, -0.25) is 4.79 Å². The van der Waals surface area contributed by atoms with Crippen LogP contribution >= 0.6 is 0 Å². The summed E-state index contributed by atoms with van der Waals surface area (Å²) in [6, 6.07) is 0.544. The second kappa shape index (κ2) is 8.05. The molecule has 0 radical (unpaired) electrons. The summed E-state index contributed by atoms with van der Waals surface area (Å²) in [7, 11) is 0. The van der Waals surface area contributed by atoms with Crippen LogP contribution in [0.2, 0.25) is 0 Å². The molecular formula is C10H21NO2. The van der Waals surface area contributed by atoms with E-state index in [9.17, 15) is 4.79 Å². The van der Waals surface area contributed by atoms with E-state index in [2.05, 4.69) is 19.2 Å². The fourth-order valence-electron chi connectivity index (χ4n) is 0.959. The van der Waals surface area contributed by atoms with Crippen molar-refractivity contribution in [1.29, 1.82) is 0 Å². The highest BCUT2D eigenvalue weighted by Crippen LogP contribution is 1.93. The quantitative estimate of drug-likeness (QED) is 0.487. The Balaban J connectivity index is 3.20. The van der Waals surface area contributed by atoms with Crippen molar-refractivity contribution in [3.63, 3.8) is 0 Å². The maximum Gasteiger partial charge on any atom is 0.305 e. The van der Waals surface area contributed by atoms with Crippen LogP contribution in [0.1, 0.15) is 40.0 Å². The summed E-state index contributed by atoms with van der Waals surface area (Å²) in [4.78, 5) is 10.9. The number of hydrogen-bond donors (Lipinski definition) is 1. The van der Waals surface area contributed by atoms with Gasteiger partial charge in [-0.15, -0.1) is 0 Å². The van der Waals surface area contributed by atoms with Gasteiger partial charge in [-0.25, -0.2) is 0 Å². The van der Waals surface area contributed by atoms with Gasteiger partial charge < -0.3 is 10.1 Å². The van der Waals surface area contributed by atoms with Crippen LogP contribution < -0.4 is 5.32 Å². The molecule has 78 valence electrons. The molecule has 0 aliphatic carbocycles. The van der Waals surface area contributed by atoms with Crippen molar-refractivity contribution >= 4 is 5.97 Å². The molecule has 1 atom stereocenters. The molecule has 3 nitrogen and oxygen atoms in total. The minimum atomic E-state index is -0.0894. The van der Waals surface area contributed by atoms with Crippen LogP contribution in [0.25, 0.3) is 0 Å². The molecule has 3 heteroatoms. The van der Waals surface area contributed by atoms with E-state index in [1.54, 1.807) is 0 Å². The van der Waals surface area contributed by atoms with Crippen molar-refractivity contribution in [3.05, 3.63) is 0 Å². The summed E-state index contributed by atoms with van der Waals surface area (Å²) in [5.41, 5.74) is 0. The molecule has 0 aromatic carbocycles. The molecule has 0 bridgehead atoms. The third-order valence-corrected chi connectivity index (χ3v) is 1.97. The van der Waals surface area contributed by atoms with Gasteiger partial charge in [-0.05, 0) is 33.2 Å². The highest BCUT2D eigenvalue weighted by Gasteiger charge is 2.01. The van der Waals surface area contributed by atoms with Crippen LogP contribution in [-0.4, -0.2) is 25.2 Å². The lowest BCUT2D eigenvalue weighted by molar-refractivity contribution is -0.143. The van der Waals surface area contributed by atoms with Crippen LogP contribution in [0.15, 0.2) is 0 Å². The standard InChI is InChI=1S/C10H21NO2/c1-4-9(3)11-8-6-7-10(12)13-5-2/h9,11H,4-8H2,1-3H3. The smallest absolute Gasteiger partial charge is 0.305 e. The molecule has 0 heterocycles.